The molecule has 3 heterocycles. The first-order chi connectivity index (χ1) is 14.8. The van der Waals surface area contributed by atoms with Crippen molar-refractivity contribution in [1.82, 2.24) is 14.8 Å². The third-order valence-corrected chi connectivity index (χ3v) is 5.08. The molecule has 4 aromatic rings. The molecule has 0 radical (unpaired) electrons. The van der Waals surface area contributed by atoms with Gasteiger partial charge in [-0.25, -0.2) is 0 Å². The number of para-hydroxylation sites is 1. The summed E-state index contributed by atoms with van der Waals surface area (Å²) >= 11 is 0. The molecule has 0 bridgehead atoms. The van der Waals surface area contributed by atoms with E-state index in [9.17, 15) is 0 Å². The molecule has 5 rings (SSSR count). The van der Waals surface area contributed by atoms with Gasteiger partial charge in [0.2, 0.25) is 0 Å². The summed E-state index contributed by atoms with van der Waals surface area (Å²) in [5.41, 5.74) is 5.15. The second-order valence-electron chi connectivity index (χ2n) is 7.11. The largest absolute Gasteiger partial charge is 0.487 e. The van der Waals surface area contributed by atoms with Crippen LogP contribution in [-0.2, 0) is 13.7 Å². The minimum Gasteiger partial charge on any atom is -0.487 e. The highest BCUT2D eigenvalue weighted by atomic mass is 16.5. The Kier molecular flexibility index (Phi) is 4.73. The van der Waals surface area contributed by atoms with Gasteiger partial charge >= 0.3 is 0 Å². The third kappa shape index (κ3) is 3.55. The summed E-state index contributed by atoms with van der Waals surface area (Å²) in [6.07, 6.45) is 9.43. The number of fused-ring (bicyclic) bond motifs is 1. The molecule has 0 aliphatic carbocycles. The average Bonchev–Trinajstić information content (AvgIpc) is 3.19. The zero-order valence-electron chi connectivity index (χ0n) is 16.6. The van der Waals surface area contributed by atoms with E-state index < -0.39 is 0 Å². The molecule has 2 aromatic heterocycles. The van der Waals surface area contributed by atoms with Crippen molar-refractivity contribution in [2.45, 2.75) is 6.61 Å². The first-order valence-corrected chi connectivity index (χ1v) is 9.82. The Labute approximate surface area is 174 Å². The van der Waals surface area contributed by atoms with Gasteiger partial charge in [-0.2, -0.15) is 5.10 Å². The predicted octanol–water partition coefficient (Wildman–Crippen LogP) is 4.58. The predicted molar refractivity (Wildman–Crippen MR) is 120 cm³/mol. The molecular formula is C24H21N5O. The molecule has 0 saturated carbocycles. The topological polar surface area (TPSA) is 55.5 Å². The molecule has 0 saturated heterocycles. The Bertz CT molecular complexity index is 1230. The van der Waals surface area contributed by atoms with E-state index in [1.165, 1.54) is 0 Å². The van der Waals surface area contributed by atoms with Crippen molar-refractivity contribution in [2.24, 2.45) is 12.0 Å². The molecule has 0 unspecified atom stereocenters. The second kappa shape index (κ2) is 7.83. The first-order valence-electron chi connectivity index (χ1n) is 9.82. The molecule has 0 N–H and O–H groups in total. The van der Waals surface area contributed by atoms with E-state index >= 15 is 0 Å². The molecule has 1 aliphatic rings. The molecule has 0 fully saturated rings. The molecule has 0 atom stereocenters. The average molecular weight is 395 g/mol. The van der Waals surface area contributed by atoms with E-state index in [1.54, 1.807) is 6.20 Å². The molecule has 6 heteroatoms. The fourth-order valence-electron chi connectivity index (χ4n) is 3.64. The van der Waals surface area contributed by atoms with Crippen LogP contribution in [0.5, 0.6) is 5.75 Å². The summed E-state index contributed by atoms with van der Waals surface area (Å²) < 4.78 is 7.85. The van der Waals surface area contributed by atoms with E-state index in [0.717, 1.165) is 45.7 Å². The van der Waals surface area contributed by atoms with Gasteiger partial charge in [0.25, 0.3) is 0 Å². The van der Waals surface area contributed by atoms with E-state index in [-0.39, 0.29) is 0 Å². The summed E-state index contributed by atoms with van der Waals surface area (Å²) in [6.45, 7) is 1.12. The van der Waals surface area contributed by atoms with Gasteiger partial charge in [-0.15, -0.1) is 0 Å². The maximum Gasteiger partial charge on any atom is 0.134 e. The Morgan fingerprint density at radius 3 is 2.73 bits per heavy atom. The number of hydrogen-bond donors (Lipinski definition) is 0. The lowest BCUT2D eigenvalue weighted by Gasteiger charge is -2.19. The monoisotopic (exact) mass is 395 g/mol. The number of ether oxygens (including phenoxy) is 1. The molecule has 6 nitrogen and oxygen atoms in total. The van der Waals surface area contributed by atoms with Crippen molar-refractivity contribution in [3.8, 4) is 16.9 Å². The summed E-state index contributed by atoms with van der Waals surface area (Å²) in [6, 6.07) is 18.4. The summed E-state index contributed by atoms with van der Waals surface area (Å²) in [5, 5.41) is 5.70. The van der Waals surface area contributed by atoms with Crippen LogP contribution < -0.4 is 9.64 Å². The minimum absolute atomic E-state index is 0.396. The highest BCUT2D eigenvalue weighted by Gasteiger charge is 2.15. The molecule has 0 amide bonds. The summed E-state index contributed by atoms with van der Waals surface area (Å²) in [7, 11) is 1.92. The fourth-order valence-corrected chi connectivity index (χ4v) is 3.64. The standard InChI is InChI=1S/C24H21N5O/c1-28-16-23(29-14-12-25-13-15-29)22(27-28)17-30-20-9-7-18(8-10-20)21-6-2-4-19-5-3-11-26-24(19)21/h2-14,16H,15,17H2,1H3. The number of rotatable bonds is 5. The van der Waals surface area contributed by atoms with Crippen LogP contribution in [0.15, 0.2) is 84.4 Å². The lowest BCUT2D eigenvalue weighted by molar-refractivity contribution is 0.300. The van der Waals surface area contributed by atoms with Gasteiger partial charge in [0.05, 0.1) is 17.7 Å². The van der Waals surface area contributed by atoms with Crippen LogP contribution in [0.3, 0.4) is 0 Å². The zero-order chi connectivity index (χ0) is 20.3. The highest BCUT2D eigenvalue weighted by Crippen LogP contribution is 2.29. The van der Waals surface area contributed by atoms with Crippen LogP contribution in [0.4, 0.5) is 5.69 Å². The van der Waals surface area contributed by atoms with E-state index in [4.69, 9.17) is 4.74 Å². The summed E-state index contributed by atoms with van der Waals surface area (Å²) in [4.78, 5) is 10.8. The van der Waals surface area contributed by atoms with Crippen molar-refractivity contribution < 1.29 is 4.74 Å². The zero-order valence-corrected chi connectivity index (χ0v) is 16.6. The molecular weight excluding hydrogens is 374 g/mol. The van der Waals surface area contributed by atoms with Gasteiger partial charge in [-0.05, 0) is 23.8 Å². The van der Waals surface area contributed by atoms with Crippen LogP contribution in [0.1, 0.15) is 5.69 Å². The van der Waals surface area contributed by atoms with Gasteiger partial charge in [0, 0.05) is 49.0 Å². The van der Waals surface area contributed by atoms with Gasteiger partial charge in [0.1, 0.15) is 18.1 Å². The van der Waals surface area contributed by atoms with Crippen LogP contribution in [0, 0.1) is 0 Å². The number of aryl methyl sites for hydroxylation is 1. The van der Waals surface area contributed by atoms with Gasteiger partial charge in [-0.3, -0.25) is 14.7 Å². The quantitative estimate of drug-likeness (QED) is 0.496. The second-order valence-corrected chi connectivity index (χ2v) is 7.11. The number of pyridine rings is 1. The van der Waals surface area contributed by atoms with Crippen molar-refractivity contribution in [2.75, 3.05) is 11.4 Å². The number of anilines is 1. The lowest BCUT2D eigenvalue weighted by Crippen LogP contribution is -2.21. The SMILES string of the molecule is Cn1cc(N2C=CN=CC2)c(COc2ccc(-c3cccc4cccnc34)cc2)n1. The number of hydrogen-bond acceptors (Lipinski definition) is 5. The lowest BCUT2D eigenvalue weighted by atomic mass is 10.0. The third-order valence-electron chi connectivity index (χ3n) is 5.08. The minimum atomic E-state index is 0.396. The van der Waals surface area contributed by atoms with Crippen LogP contribution >= 0.6 is 0 Å². The Balaban J connectivity index is 1.34. The smallest absolute Gasteiger partial charge is 0.134 e. The first kappa shape index (κ1) is 18.1. The van der Waals surface area contributed by atoms with E-state index in [2.05, 4.69) is 56.4 Å². The Hall–Kier alpha value is -3.93. The number of aromatic nitrogens is 3. The highest BCUT2D eigenvalue weighted by molar-refractivity contribution is 5.93. The molecule has 148 valence electrons. The summed E-state index contributed by atoms with van der Waals surface area (Å²) in [5.74, 6) is 0.805. The normalized spacial score (nSPS) is 13.2. The Morgan fingerprint density at radius 1 is 1.03 bits per heavy atom. The van der Waals surface area contributed by atoms with Crippen molar-refractivity contribution in [1.29, 1.82) is 0 Å². The number of aliphatic imine (C=N–C) groups is 1. The number of benzene rings is 2. The fraction of sp³-hybridized carbons (Fsp3) is 0.125. The van der Waals surface area contributed by atoms with E-state index in [0.29, 0.717) is 6.61 Å². The van der Waals surface area contributed by atoms with Crippen LogP contribution in [0.25, 0.3) is 22.0 Å². The van der Waals surface area contributed by atoms with Gasteiger partial charge in [-0.1, -0.05) is 36.4 Å². The van der Waals surface area contributed by atoms with Crippen LogP contribution in [-0.4, -0.2) is 27.5 Å². The molecule has 1 aliphatic heterocycles. The maximum absolute atomic E-state index is 6.04. The number of nitrogens with zero attached hydrogens (tertiary/aromatic N) is 5. The van der Waals surface area contributed by atoms with Gasteiger partial charge in [0.15, 0.2) is 0 Å². The van der Waals surface area contributed by atoms with Gasteiger partial charge < -0.3 is 9.64 Å². The van der Waals surface area contributed by atoms with Crippen molar-refractivity contribution >= 4 is 22.8 Å². The Morgan fingerprint density at radius 2 is 1.90 bits per heavy atom. The molecule has 0 spiro atoms. The van der Waals surface area contributed by atoms with Crippen LogP contribution in [0.2, 0.25) is 0 Å². The van der Waals surface area contributed by atoms with Crippen molar-refractivity contribution in [3.63, 3.8) is 0 Å². The molecule has 30 heavy (non-hydrogen) atoms. The van der Waals surface area contributed by atoms with E-state index in [1.807, 2.05) is 54.7 Å². The van der Waals surface area contributed by atoms with Crippen molar-refractivity contribution in [3.05, 3.63) is 85.1 Å². The maximum atomic E-state index is 6.04. The molecule has 2 aromatic carbocycles.